The first-order valence-corrected chi connectivity index (χ1v) is 5.01. The molecule has 16 heavy (non-hydrogen) atoms. The summed E-state index contributed by atoms with van der Waals surface area (Å²) < 4.78 is 4.75. The van der Waals surface area contributed by atoms with Gasteiger partial charge in [0.15, 0.2) is 0 Å². The molecule has 0 aliphatic heterocycles. The van der Waals surface area contributed by atoms with Crippen molar-refractivity contribution in [2.24, 2.45) is 0 Å². The first kappa shape index (κ1) is 12.6. The molecule has 1 aromatic rings. The molecule has 2 N–H and O–H groups in total. The van der Waals surface area contributed by atoms with Crippen molar-refractivity contribution in [3.05, 3.63) is 29.6 Å². The van der Waals surface area contributed by atoms with Crippen molar-refractivity contribution in [1.82, 2.24) is 10.3 Å². The summed E-state index contributed by atoms with van der Waals surface area (Å²) in [6, 6.07) is 3.32. The van der Waals surface area contributed by atoms with Gasteiger partial charge in [-0.25, -0.2) is 0 Å². The van der Waals surface area contributed by atoms with Gasteiger partial charge in [-0.3, -0.25) is 9.78 Å². The van der Waals surface area contributed by atoms with Crippen molar-refractivity contribution in [2.75, 3.05) is 20.3 Å². The Morgan fingerprint density at radius 2 is 2.44 bits per heavy atom. The Kier molecular flexibility index (Phi) is 4.88. The summed E-state index contributed by atoms with van der Waals surface area (Å²) in [5, 5.41) is 12.0. The predicted octanol–water partition coefficient (Wildman–Crippen LogP) is 0.127. The lowest BCUT2D eigenvalue weighted by molar-refractivity contribution is 0.0610. The zero-order chi connectivity index (χ0) is 12.0. The molecule has 0 bridgehead atoms. The van der Waals surface area contributed by atoms with Crippen LogP contribution in [0.2, 0.25) is 0 Å². The Bertz CT molecular complexity index is 355. The summed E-state index contributed by atoms with van der Waals surface area (Å²) in [4.78, 5) is 15.6. The number of hydrogen-bond donors (Lipinski definition) is 2. The van der Waals surface area contributed by atoms with E-state index in [1.165, 1.54) is 7.11 Å². The summed E-state index contributed by atoms with van der Waals surface area (Å²) >= 11 is 0. The minimum atomic E-state index is -0.683. The molecule has 1 rings (SSSR count). The Balaban J connectivity index is 2.47. The van der Waals surface area contributed by atoms with E-state index < -0.39 is 6.10 Å². The lowest BCUT2D eigenvalue weighted by Crippen LogP contribution is -2.34. The van der Waals surface area contributed by atoms with Crippen LogP contribution in [0.3, 0.4) is 0 Å². The Morgan fingerprint density at radius 1 is 1.69 bits per heavy atom. The lowest BCUT2D eigenvalue weighted by Gasteiger charge is -2.10. The van der Waals surface area contributed by atoms with Gasteiger partial charge in [0.05, 0.1) is 12.7 Å². The number of aliphatic hydroxyl groups is 1. The van der Waals surface area contributed by atoms with Gasteiger partial charge in [-0.05, 0) is 19.1 Å². The van der Waals surface area contributed by atoms with Gasteiger partial charge in [0.25, 0.3) is 5.91 Å². The average molecular weight is 224 g/mol. The molecule has 0 fully saturated rings. The number of hydrogen-bond acceptors (Lipinski definition) is 4. The SMILES string of the molecule is COCC(O)CNC(=O)c1ccnc(C)c1. The molecule has 0 saturated carbocycles. The number of amides is 1. The minimum absolute atomic E-state index is 0.175. The molecular weight excluding hydrogens is 208 g/mol. The molecule has 88 valence electrons. The molecule has 0 aliphatic carbocycles. The molecule has 0 spiro atoms. The van der Waals surface area contributed by atoms with E-state index >= 15 is 0 Å². The predicted molar refractivity (Wildman–Crippen MR) is 59.2 cm³/mol. The van der Waals surface area contributed by atoms with E-state index in [2.05, 4.69) is 10.3 Å². The van der Waals surface area contributed by atoms with Crippen LogP contribution in [0, 0.1) is 6.92 Å². The van der Waals surface area contributed by atoms with Crippen molar-refractivity contribution < 1.29 is 14.6 Å². The highest BCUT2D eigenvalue weighted by Gasteiger charge is 2.08. The molecule has 0 aromatic carbocycles. The number of ether oxygens (including phenoxy) is 1. The number of aryl methyl sites for hydroxylation is 1. The van der Waals surface area contributed by atoms with Crippen LogP contribution in [0.5, 0.6) is 0 Å². The van der Waals surface area contributed by atoms with Crippen LogP contribution in [-0.2, 0) is 4.74 Å². The fraction of sp³-hybridized carbons (Fsp3) is 0.455. The van der Waals surface area contributed by atoms with Crippen molar-refractivity contribution >= 4 is 5.91 Å². The second kappa shape index (κ2) is 6.19. The highest BCUT2D eigenvalue weighted by atomic mass is 16.5. The maximum atomic E-state index is 11.6. The number of nitrogens with one attached hydrogen (secondary N) is 1. The van der Waals surface area contributed by atoms with E-state index in [4.69, 9.17) is 4.74 Å². The quantitative estimate of drug-likeness (QED) is 0.745. The van der Waals surface area contributed by atoms with Crippen LogP contribution in [0.15, 0.2) is 18.3 Å². The van der Waals surface area contributed by atoms with Gasteiger partial charge in [0.1, 0.15) is 0 Å². The highest BCUT2D eigenvalue weighted by Crippen LogP contribution is 2.00. The van der Waals surface area contributed by atoms with Gasteiger partial charge >= 0.3 is 0 Å². The van der Waals surface area contributed by atoms with Gasteiger partial charge in [0.2, 0.25) is 0 Å². The first-order valence-electron chi connectivity index (χ1n) is 5.01. The largest absolute Gasteiger partial charge is 0.389 e. The minimum Gasteiger partial charge on any atom is -0.389 e. The number of aliphatic hydroxyl groups excluding tert-OH is 1. The maximum absolute atomic E-state index is 11.6. The van der Waals surface area contributed by atoms with Gasteiger partial charge in [-0.15, -0.1) is 0 Å². The number of aromatic nitrogens is 1. The Morgan fingerprint density at radius 3 is 3.06 bits per heavy atom. The molecule has 0 saturated heterocycles. The third kappa shape index (κ3) is 3.96. The Labute approximate surface area is 94.5 Å². The molecule has 5 heteroatoms. The van der Waals surface area contributed by atoms with Crippen LogP contribution in [-0.4, -0.2) is 42.4 Å². The van der Waals surface area contributed by atoms with Crippen LogP contribution in [0.4, 0.5) is 0 Å². The van der Waals surface area contributed by atoms with Gasteiger partial charge in [-0.2, -0.15) is 0 Å². The van der Waals surface area contributed by atoms with E-state index in [1.807, 2.05) is 6.92 Å². The number of methoxy groups -OCH3 is 1. The van der Waals surface area contributed by atoms with Crippen molar-refractivity contribution in [3.63, 3.8) is 0 Å². The van der Waals surface area contributed by atoms with E-state index in [0.29, 0.717) is 5.56 Å². The van der Waals surface area contributed by atoms with Crippen LogP contribution >= 0.6 is 0 Å². The number of rotatable bonds is 5. The molecular formula is C11H16N2O3. The first-order chi connectivity index (χ1) is 7.63. The second-order valence-corrected chi connectivity index (χ2v) is 3.51. The molecule has 0 aliphatic rings. The average Bonchev–Trinajstić information content (AvgIpc) is 2.26. The monoisotopic (exact) mass is 224 g/mol. The van der Waals surface area contributed by atoms with Gasteiger partial charge in [-0.1, -0.05) is 0 Å². The number of carbonyl (C=O) groups is 1. The topological polar surface area (TPSA) is 71.5 Å². The summed E-state index contributed by atoms with van der Waals surface area (Å²) in [5.41, 5.74) is 1.32. The van der Waals surface area contributed by atoms with Crippen molar-refractivity contribution in [1.29, 1.82) is 0 Å². The van der Waals surface area contributed by atoms with E-state index in [0.717, 1.165) is 5.69 Å². The van der Waals surface area contributed by atoms with Gasteiger partial charge in [0, 0.05) is 31.1 Å². The zero-order valence-electron chi connectivity index (χ0n) is 9.43. The molecule has 1 aromatic heterocycles. The van der Waals surface area contributed by atoms with E-state index in [-0.39, 0.29) is 19.1 Å². The lowest BCUT2D eigenvalue weighted by atomic mass is 10.2. The number of nitrogens with zero attached hydrogens (tertiary/aromatic N) is 1. The summed E-state index contributed by atoms with van der Waals surface area (Å²) in [5.74, 6) is -0.222. The highest BCUT2D eigenvalue weighted by molar-refractivity contribution is 5.94. The normalized spacial score (nSPS) is 12.2. The Hall–Kier alpha value is -1.46. The van der Waals surface area contributed by atoms with Crippen LogP contribution in [0.1, 0.15) is 16.1 Å². The molecule has 1 unspecified atom stereocenters. The van der Waals surface area contributed by atoms with Crippen molar-refractivity contribution in [3.8, 4) is 0 Å². The van der Waals surface area contributed by atoms with Crippen molar-refractivity contribution in [2.45, 2.75) is 13.0 Å². The van der Waals surface area contributed by atoms with Crippen LogP contribution in [0.25, 0.3) is 0 Å². The standard InChI is InChI=1S/C11H16N2O3/c1-8-5-9(3-4-12-8)11(15)13-6-10(14)7-16-2/h3-5,10,14H,6-7H2,1-2H3,(H,13,15). The van der Waals surface area contributed by atoms with E-state index in [1.54, 1.807) is 18.3 Å². The summed E-state index contributed by atoms with van der Waals surface area (Å²) in [7, 11) is 1.50. The maximum Gasteiger partial charge on any atom is 0.251 e. The molecule has 0 radical (unpaired) electrons. The number of carbonyl (C=O) groups excluding carboxylic acids is 1. The molecule has 1 atom stereocenters. The van der Waals surface area contributed by atoms with Crippen LogP contribution < -0.4 is 5.32 Å². The molecule has 5 nitrogen and oxygen atoms in total. The fourth-order valence-electron chi connectivity index (χ4n) is 1.25. The molecule has 1 amide bonds. The fourth-order valence-corrected chi connectivity index (χ4v) is 1.25. The third-order valence-electron chi connectivity index (χ3n) is 2.02. The van der Waals surface area contributed by atoms with Gasteiger partial charge < -0.3 is 15.2 Å². The smallest absolute Gasteiger partial charge is 0.251 e. The second-order valence-electron chi connectivity index (χ2n) is 3.51. The number of pyridine rings is 1. The third-order valence-corrected chi connectivity index (χ3v) is 2.02. The van der Waals surface area contributed by atoms with E-state index in [9.17, 15) is 9.90 Å². The summed E-state index contributed by atoms with van der Waals surface area (Å²) in [6.45, 7) is 2.19. The zero-order valence-corrected chi connectivity index (χ0v) is 9.43. The summed E-state index contributed by atoms with van der Waals surface area (Å²) in [6.07, 6.45) is 0.896. The molecule has 1 heterocycles.